The molecule has 0 radical (unpaired) electrons. The Hall–Kier alpha value is -1.19. The van der Waals surface area contributed by atoms with Crippen LogP contribution in [-0.4, -0.2) is 64.2 Å². The third kappa shape index (κ3) is 5.98. The second kappa shape index (κ2) is 8.30. The van der Waals surface area contributed by atoms with Crippen LogP contribution in [0.3, 0.4) is 0 Å². The van der Waals surface area contributed by atoms with Crippen molar-refractivity contribution in [2.75, 3.05) is 26.0 Å². The Balaban J connectivity index is 1.69. The molecule has 9 heteroatoms. The molecule has 1 amide bonds. The van der Waals surface area contributed by atoms with E-state index in [1.807, 2.05) is 6.92 Å². The fraction of sp³-hybridized carbons (Fsp3) is 0.833. The molecule has 1 aromatic heterocycles. The molecule has 2 N–H and O–H groups in total. The highest BCUT2D eigenvalue weighted by molar-refractivity contribution is 7.99. The zero-order valence-corrected chi connectivity index (χ0v) is 13.2. The van der Waals surface area contributed by atoms with Gasteiger partial charge in [0.15, 0.2) is 0 Å². The minimum Gasteiger partial charge on any atom is -0.383 e. The van der Waals surface area contributed by atoms with Gasteiger partial charge in [0.2, 0.25) is 11.1 Å². The van der Waals surface area contributed by atoms with Crippen molar-refractivity contribution in [3.05, 3.63) is 0 Å². The highest BCUT2D eigenvalue weighted by Crippen LogP contribution is 2.18. The van der Waals surface area contributed by atoms with Crippen LogP contribution in [0.1, 0.15) is 19.8 Å². The molecule has 0 aliphatic heterocycles. The second-order valence-corrected chi connectivity index (χ2v) is 6.07. The van der Waals surface area contributed by atoms with Crippen molar-refractivity contribution in [2.24, 2.45) is 0 Å². The van der Waals surface area contributed by atoms with Crippen LogP contribution in [0.2, 0.25) is 0 Å². The lowest BCUT2D eigenvalue weighted by molar-refractivity contribution is -0.119. The Labute approximate surface area is 128 Å². The number of carbonyl (C=O) groups is 1. The molecule has 21 heavy (non-hydrogen) atoms. The quantitative estimate of drug-likeness (QED) is 0.571. The summed E-state index contributed by atoms with van der Waals surface area (Å²) in [5, 5.41) is 18.5. The molecule has 1 aliphatic carbocycles. The average Bonchev–Trinajstić information content (AvgIpc) is 3.15. The molecule has 118 valence electrons. The summed E-state index contributed by atoms with van der Waals surface area (Å²) in [6.07, 6.45) is 2.52. The summed E-state index contributed by atoms with van der Waals surface area (Å²) in [6.45, 7) is 3.97. The fourth-order valence-electron chi connectivity index (χ4n) is 1.84. The zero-order valence-electron chi connectivity index (χ0n) is 12.4. The fourth-order valence-corrected chi connectivity index (χ4v) is 2.56. The lowest BCUT2D eigenvalue weighted by Gasteiger charge is -2.12. The minimum absolute atomic E-state index is 0.00170. The van der Waals surface area contributed by atoms with Crippen LogP contribution in [0.25, 0.3) is 0 Å². The third-order valence-corrected chi connectivity index (χ3v) is 3.95. The van der Waals surface area contributed by atoms with Gasteiger partial charge < -0.3 is 15.4 Å². The molecule has 0 aromatic carbocycles. The van der Waals surface area contributed by atoms with Gasteiger partial charge in [-0.05, 0) is 30.2 Å². The number of nitrogens with zero attached hydrogens (tertiary/aromatic N) is 4. The molecule has 1 aliphatic rings. The van der Waals surface area contributed by atoms with Gasteiger partial charge in [-0.25, -0.2) is 4.68 Å². The Bertz CT molecular complexity index is 451. The normalized spacial score (nSPS) is 15.9. The molecule has 0 spiro atoms. The lowest BCUT2D eigenvalue weighted by atomic mass is 10.3. The summed E-state index contributed by atoms with van der Waals surface area (Å²) >= 11 is 1.34. The second-order valence-electron chi connectivity index (χ2n) is 5.13. The molecule has 0 saturated heterocycles. The number of hydrogen-bond donors (Lipinski definition) is 2. The summed E-state index contributed by atoms with van der Waals surface area (Å²) in [5.74, 6) is 0.250. The van der Waals surface area contributed by atoms with E-state index in [1.54, 1.807) is 11.8 Å². The van der Waals surface area contributed by atoms with E-state index in [-0.39, 0.29) is 11.9 Å². The van der Waals surface area contributed by atoms with E-state index < -0.39 is 0 Å². The zero-order chi connectivity index (χ0) is 15.1. The number of methoxy groups -OCH3 is 1. The number of ether oxygens (including phenoxy) is 1. The highest BCUT2D eigenvalue weighted by Gasteiger charge is 2.20. The van der Waals surface area contributed by atoms with Crippen LogP contribution in [0.15, 0.2) is 5.16 Å². The monoisotopic (exact) mass is 314 g/mol. The van der Waals surface area contributed by atoms with Crippen molar-refractivity contribution in [1.29, 1.82) is 0 Å². The van der Waals surface area contributed by atoms with Crippen LogP contribution in [0, 0.1) is 0 Å². The molecule has 8 nitrogen and oxygen atoms in total. The van der Waals surface area contributed by atoms with Crippen molar-refractivity contribution < 1.29 is 9.53 Å². The first-order valence-corrected chi connectivity index (χ1v) is 8.08. The van der Waals surface area contributed by atoms with Gasteiger partial charge in [-0.2, -0.15) is 0 Å². The van der Waals surface area contributed by atoms with E-state index >= 15 is 0 Å². The van der Waals surface area contributed by atoms with Gasteiger partial charge in [0.1, 0.15) is 0 Å². The van der Waals surface area contributed by atoms with Crippen molar-refractivity contribution in [1.82, 2.24) is 30.8 Å². The van der Waals surface area contributed by atoms with E-state index in [9.17, 15) is 4.79 Å². The SMILES string of the molecule is COCC(C)NC(=O)CSc1nnnn1CCNC1CC1. The number of thioether (sulfide) groups is 1. The van der Waals surface area contributed by atoms with E-state index in [4.69, 9.17) is 4.74 Å². The number of nitrogens with one attached hydrogen (secondary N) is 2. The first-order valence-electron chi connectivity index (χ1n) is 7.09. The third-order valence-electron chi connectivity index (χ3n) is 2.99. The van der Waals surface area contributed by atoms with Crippen LogP contribution < -0.4 is 10.6 Å². The molecule has 0 bridgehead atoms. The lowest BCUT2D eigenvalue weighted by Crippen LogP contribution is -2.36. The van der Waals surface area contributed by atoms with Gasteiger partial charge in [0.25, 0.3) is 0 Å². The van der Waals surface area contributed by atoms with Gasteiger partial charge in [-0.3, -0.25) is 4.79 Å². The summed E-state index contributed by atoms with van der Waals surface area (Å²) < 4.78 is 6.71. The van der Waals surface area contributed by atoms with Crippen LogP contribution in [0.4, 0.5) is 0 Å². The minimum atomic E-state index is -0.0461. The Morgan fingerprint density at radius 2 is 2.38 bits per heavy atom. The van der Waals surface area contributed by atoms with Crippen molar-refractivity contribution in [3.63, 3.8) is 0 Å². The van der Waals surface area contributed by atoms with E-state index in [0.29, 0.717) is 30.1 Å². The molecule has 1 aromatic rings. The Morgan fingerprint density at radius 1 is 1.57 bits per heavy atom. The summed E-state index contributed by atoms with van der Waals surface area (Å²) in [4.78, 5) is 11.8. The van der Waals surface area contributed by atoms with Gasteiger partial charge in [0, 0.05) is 25.7 Å². The maximum absolute atomic E-state index is 11.8. The Morgan fingerprint density at radius 3 is 3.10 bits per heavy atom. The van der Waals surface area contributed by atoms with Crippen molar-refractivity contribution in [3.8, 4) is 0 Å². The topological polar surface area (TPSA) is 94.0 Å². The number of tetrazole rings is 1. The first kappa shape index (κ1) is 16.2. The molecule has 1 fully saturated rings. The number of hydrogen-bond acceptors (Lipinski definition) is 7. The van der Waals surface area contributed by atoms with Gasteiger partial charge >= 0.3 is 0 Å². The Kier molecular flexibility index (Phi) is 6.40. The predicted molar refractivity (Wildman–Crippen MR) is 79.0 cm³/mol. The molecule has 1 saturated carbocycles. The first-order chi connectivity index (χ1) is 10.2. The highest BCUT2D eigenvalue weighted by atomic mass is 32.2. The van der Waals surface area contributed by atoms with Gasteiger partial charge in [-0.15, -0.1) is 5.10 Å². The molecule has 1 heterocycles. The number of aromatic nitrogens is 4. The summed E-state index contributed by atoms with van der Waals surface area (Å²) in [6, 6.07) is 0.674. The van der Waals surface area contributed by atoms with Crippen molar-refractivity contribution >= 4 is 17.7 Å². The van der Waals surface area contributed by atoms with E-state index in [0.717, 1.165) is 6.54 Å². The standard InChI is InChI=1S/C12H22N6O2S/c1-9(7-20-2)14-11(19)8-21-12-15-16-17-18(12)6-5-13-10-3-4-10/h9-10,13H,3-8H2,1-2H3,(H,14,19). The largest absolute Gasteiger partial charge is 0.383 e. The summed E-state index contributed by atoms with van der Waals surface area (Å²) in [5.41, 5.74) is 0. The number of amides is 1. The van der Waals surface area contributed by atoms with Crippen LogP contribution in [-0.2, 0) is 16.1 Å². The maximum atomic E-state index is 11.8. The molecular weight excluding hydrogens is 292 g/mol. The molecule has 1 atom stereocenters. The maximum Gasteiger partial charge on any atom is 0.230 e. The van der Waals surface area contributed by atoms with Gasteiger partial charge in [-0.1, -0.05) is 11.8 Å². The van der Waals surface area contributed by atoms with Gasteiger partial charge in [0.05, 0.1) is 18.9 Å². The molecular formula is C12H22N6O2S. The predicted octanol–water partition coefficient (Wildman–Crippen LogP) is -0.332. The average molecular weight is 314 g/mol. The smallest absolute Gasteiger partial charge is 0.230 e. The number of carbonyl (C=O) groups excluding carboxylic acids is 1. The summed E-state index contributed by atoms with van der Waals surface area (Å²) in [7, 11) is 1.61. The van der Waals surface area contributed by atoms with Crippen molar-refractivity contribution in [2.45, 2.75) is 43.6 Å². The van der Waals surface area contributed by atoms with E-state index in [1.165, 1.54) is 24.6 Å². The van der Waals surface area contributed by atoms with Crippen LogP contribution >= 0.6 is 11.8 Å². The number of rotatable bonds is 10. The molecule has 1 unspecified atom stereocenters. The van der Waals surface area contributed by atoms with E-state index in [2.05, 4.69) is 26.2 Å². The van der Waals surface area contributed by atoms with Crippen LogP contribution in [0.5, 0.6) is 0 Å². The molecule has 2 rings (SSSR count).